The Balaban J connectivity index is 2.72. The van der Waals surface area contributed by atoms with Crippen LogP contribution in [-0.2, 0) is 14.8 Å². The van der Waals surface area contributed by atoms with Gasteiger partial charge in [-0.2, -0.15) is 9.29 Å². The zero-order chi connectivity index (χ0) is 22.6. The van der Waals surface area contributed by atoms with Crippen molar-refractivity contribution in [2.45, 2.75) is 0 Å². The topological polar surface area (TPSA) is 155 Å². The van der Waals surface area contributed by atoms with Crippen LogP contribution in [0.3, 0.4) is 0 Å². The summed E-state index contributed by atoms with van der Waals surface area (Å²) in [5.41, 5.74) is -1.59. The van der Waals surface area contributed by atoms with Gasteiger partial charge in [-0.25, -0.2) is 13.2 Å². The molecule has 30 heavy (non-hydrogen) atoms. The number of benzene rings is 1. The summed E-state index contributed by atoms with van der Waals surface area (Å²) < 4.78 is 39.8. The minimum absolute atomic E-state index is 0.0971. The van der Waals surface area contributed by atoms with Crippen LogP contribution >= 0.6 is 0 Å². The van der Waals surface area contributed by atoms with Crippen molar-refractivity contribution in [1.82, 2.24) is 4.98 Å². The predicted octanol–water partition coefficient (Wildman–Crippen LogP) is 1.40. The molecule has 0 aliphatic carbocycles. The number of non-ortho nitro benzene ring substituents is 1. The van der Waals surface area contributed by atoms with Crippen LogP contribution in [0.15, 0.2) is 30.3 Å². The molecule has 0 radical (unpaired) electrons. The molecule has 0 aliphatic rings. The van der Waals surface area contributed by atoms with Crippen LogP contribution in [0.4, 0.5) is 11.4 Å². The van der Waals surface area contributed by atoms with Crippen LogP contribution < -0.4 is 13.8 Å². The van der Waals surface area contributed by atoms with Gasteiger partial charge in [-0.05, 0) is 12.1 Å². The molecule has 0 saturated heterocycles. The zero-order valence-corrected chi connectivity index (χ0v) is 17.1. The molecule has 1 amide bonds. The van der Waals surface area contributed by atoms with Crippen molar-refractivity contribution < 1.29 is 37.1 Å². The Morgan fingerprint density at radius 3 is 2.20 bits per heavy atom. The van der Waals surface area contributed by atoms with Gasteiger partial charge < -0.3 is 14.2 Å². The van der Waals surface area contributed by atoms with Crippen LogP contribution in [0, 0.1) is 10.1 Å². The second-order valence-corrected chi connectivity index (χ2v) is 7.56. The molecule has 0 unspecified atom stereocenters. The van der Waals surface area contributed by atoms with E-state index in [0.717, 1.165) is 31.6 Å². The molecule has 0 N–H and O–H groups in total. The number of esters is 1. The van der Waals surface area contributed by atoms with Gasteiger partial charge in [0.1, 0.15) is 5.69 Å². The van der Waals surface area contributed by atoms with Gasteiger partial charge in [0, 0.05) is 23.8 Å². The molecule has 1 aromatic heterocycles. The molecule has 12 nitrogen and oxygen atoms in total. The maximum atomic E-state index is 13.1. The summed E-state index contributed by atoms with van der Waals surface area (Å²) in [4.78, 5) is 39.3. The van der Waals surface area contributed by atoms with E-state index < -0.39 is 38.1 Å². The van der Waals surface area contributed by atoms with E-state index in [1.807, 2.05) is 0 Å². The normalized spacial score (nSPS) is 10.8. The van der Waals surface area contributed by atoms with Crippen molar-refractivity contribution in [3.63, 3.8) is 0 Å². The molecule has 0 fully saturated rings. The average Bonchev–Trinajstić information content (AvgIpc) is 2.71. The third kappa shape index (κ3) is 4.63. The fraction of sp³-hybridized carbons (Fsp3) is 0.235. The van der Waals surface area contributed by atoms with Gasteiger partial charge in [0.2, 0.25) is 21.8 Å². The first-order valence-corrected chi connectivity index (χ1v) is 9.89. The van der Waals surface area contributed by atoms with Gasteiger partial charge in [0.05, 0.1) is 38.1 Å². The second-order valence-electron chi connectivity index (χ2n) is 5.73. The Kier molecular flexibility index (Phi) is 6.56. The lowest BCUT2D eigenvalue weighted by Gasteiger charge is -2.22. The Morgan fingerprint density at radius 1 is 1.07 bits per heavy atom. The first kappa shape index (κ1) is 22.5. The molecule has 2 rings (SSSR count). The number of amides is 1. The average molecular weight is 439 g/mol. The van der Waals surface area contributed by atoms with Gasteiger partial charge >= 0.3 is 5.97 Å². The number of methoxy groups -OCH3 is 3. The van der Waals surface area contributed by atoms with E-state index in [-0.39, 0.29) is 23.0 Å². The molecule has 1 heterocycles. The van der Waals surface area contributed by atoms with Gasteiger partial charge in [0.15, 0.2) is 0 Å². The fourth-order valence-electron chi connectivity index (χ4n) is 2.47. The van der Waals surface area contributed by atoms with Gasteiger partial charge in [-0.15, -0.1) is 0 Å². The molecule has 1 aromatic carbocycles. The van der Waals surface area contributed by atoms with Gasteiger partial charge in [0.25, 0.3) is 11.6 Å². The summed E-state index contributed by atoms with van der Waals surface area (Å²) in [6, 6.07) is 5.26. The molecular weight excluding hydrogens is 422 g/mol. The monoisotopic (exact) mass is 439 g/mol. The Morgan fingerprint density at radius 2 is 1.70 bits per heavy atom. The van der Waals surface area contributed by atoms with Crippen LogP contribution in [0.25, 0.3) is 0 Å². The maximum absolute atomic E-state index is 13.1. The van der Waals surface area contributed by atoms with E-state index in [1.165, 1.54) is 26.4 Å². The number of nitrogens with zero attached hydrogens (tertiary/aromatic N) is 3. The van der Waals surface area contributed by atoms with Crippen molar-refractivity contribution in [2.24, 2.45) is 0 Å². The van der Waals surface area contributed by atoms with E-state index in [1.54, 1.807) is 0 Å². The quantitative estimate of drug-likeness (QED) is 0.351. The smallest absolute Gasteiger partial charge is 0.338 e. The number of ether oxygens (including phenoxy) is 3. The molecule has 0 bridgehead atoms. The predicted molar refractivity (Wildman–Crippen MR) is 103 cm³/mol. The van der Waals surface area contributed by atoms with E-state index in [4.69, 9.17) is 9.47 Å². The largest absolute Gasteiger partial charge is 0.481 e. The minimum atomic E-state index is -4.25. The molecule has 160 valence electrons. The van der Waals surface area contributed by atoms with Gasteiger partial charge in [-0.3, -0.25) is 14.9 Å². The van der Waals surface area contributed by atoms with Crippen molar-refractivity contribution in [1.29, 1.82) is 0 Å². The van der Waals surface area contributed by atoms with E-state index >= 15 is 0 Å². The van der Waals surface area contributed by atoms with Crippen LogP contribution in [0.5, 0.6) is 11.8 Å². The first-order valence-electron chi connectivity index (χ1n) is 8.05. The lowest BCUT2D eigenvalue weighted by molar-refractivity contribution is -0.384. The first-order chi connectivity index (χ1) is 14.0. The standard InChI is InChI=1S/C17H17N3O9S/c1-27-14-6-5-13(15(18-14)28-2)19(30(4,25)26)16(21)10-7-11(17(22)29-3)9-12(8-10)20(23)24/h5-9H,1-4H3. The van der Waals surface area contributed by atoms with E-state index in [0.29, 0.717) is 4.31 Å². The number of anilines is 1. The SMILES string of the molecule is COC(=O)c1cc(C(=O)N(c2ccc(OC)nc2OC)S(C)(=O)=O)cc([N+](=O)[O-])c1. The summed E-state index contributed by atoms with van der Waals surface area (Å²) in [7, 11) is -0.658. The highest BCUT2D eigenvalue weighted by Crippen LogP contribution is 2.32. The lowest BCUT2D eigenvalue weighted by atomic mass is 10.1. The number of hydrogen-bond donors (Lipinski definition) is 0. The number of hydrogen-bond acceptors (Lipinski definition) is 10. The molecule has 0 saturated carbocycles. The number of rotatable bonds is 7. The number of carbonyl (C=O) groups excluding carboxylic acids is 2. The summed E-state index contributed by atoms with van der Waals surface area (Å²) in [5, 5.41) is 11.2. The van der Waals surface area contributed by atoms with Crippen molar-refractivity contribution in [2.75, 3.05) is 31.9 Å². The molecule has 2 aromatic rings. The van der Waals surface area contributed by atoms with Crippen molar-refractivity contribution in [3.8, 4) is 11.8 Å². The van der Waals surface area contributed by atoms with Crippen LogP contribution in [-0.4, -0.2) is 57.8 Å². The minimum Gasteiger partial charge on any atom is -0.481 e. The van der Waals surface area contributed by atoms with Crippen molar-refractivity contribution >= 4 is 33.3 Å². The summed E-state index contributed by atoms with van der Waals surface area (Å²) in [6.07, 6.45) is 0.757. The third-order valence-corrected chi connectivity index (χ3v) is 4.77. The van der Waals surface area contributed by atoms with E-state index in [9.17, 15) is 28.1 Å². The Hall–Kier alpha value is -3.74. The molecular formula is C17H17N3O9S. The zero-order valence-electron chi connectivity index (χ0n) is 16.3. The maximum Gasteiger partial charge on any atom is 0.338 e. The van der Waals surface area contributed by atoms with Crippen LogP contribution in [0.2, 0.25) is 0 Å². The Bertz CT molecular complexity index is 1120. The summed E-state index contributed by atoms with van der Waals surface area (Å²) in [5.74, 6) is -2.26. The summed E-state index contributed by atoms with van der Waals surface area (Å²) >= 11 is 0. The number of sulfonamides is 1. The Labute approximate surface area is 171 Å². The summed E-state index contributed by atoms with van der Waals surface area (Å²) in [6.45, 7) is 0. The molecule has 0 atom stereocenters. The number of nitro benzene ring substituents is 1. The highest BCUT2D eigenvalue weighted by Gasteiger charge is 2.32. The second kappa shape index (κ2) is 8.73. The highest BCUT2D eigenvalue weighted by molar-refractivity contribution is 7.92. The number of aromatic nitrogens is 1. The van der Waals surface area contributed by atoms with Crippen molar-refractivity contribution in [3.05, 3.63) is 51.6 Å². The van der Waals surface area contributed by atoms with E-state index in [2.05, 4.69) is 9.72 Å². The fourth-order valence-corrected chi connectivity index (χ4v) is 3.37. The highest BCUT2D eigenvalue weighted by atomic mass is 32.2. The number of pyridine rings is 1. The lowest BCUT2D eigenvalue weighted by Crippen LogP contribution is -2.36. The third-order valence-electron chi connectivity index (χ3n) is 3.75. The number of carbonyl (C=O) groups is 2. The molecule has 0 aliphatic heterocycles. The molecule has 0 spiro atoms. The number of nitro groups is 1. The van der Waals surface area contributed by atoms with Gasteiger partial charge in [-0.1, -0.05) is 0 Å². The van der Waals surface area contributed by atoms with Crippen LogP contribution in [0.1, 0.15) is 20.7 Å². The molecule has 13 heteroatoms.